The molecule has 1 atom stereocenters. The molecule has 0 aliphatic heterocycles. The van der Waals surface area contributed by atoms with Gasteiger partial charge in [-0.25, -0.2) is 0 Å². The van der Waals surface area contributed by atoms with Crippen molar-refractivity contribution in [2.45, 2.75) is 59.0 Å². The summed E-state index contributed by atoms with van der Waals surface area (Å²) in [4.78, 5) is 0. The summed E-state index contributed by atoms with van der Waals surface area (Å²) < 4.78 is 6.02. The lowest BCUT2D eigenvalue weighted by Crippen LogP contribution is -2.17. The molecule has 2 heteroatoms. The summed E-state index contributed by atoms with van der Waals surface area (Å²) in [7, 11) is 0. The van der Waals surface area contributed by atoms with Crippen LogP contribution in [0.3, 0.4) is 0 Å². The summed E-state index contributed by atoms with van der Waals surface area (Å²) in [6.07, 6.45) is 5.13. The van der Waals surface area contributed by atoms with Crippen LogP contribution in [0.2, 0.25) is 0 Å². The van der Waals surface area contributed by atoms with E-state index in [-0.39, 0.29) is 0 Å². The largest absolute Gasteiger partial charge is 0.493 e. The minimum absolute atomic E-state index is 0.635. The molecule has 1 N–H and O–H groups in total. The molecule has 1 saturated carbocycles. The van der Waals surface area contributed by atoms with Crippen LogP contribution >= 0.6 is 0 Å². The molecule has 1 aromatic carbocycles. The number of benzene rings is 1. The number of hydrogen-bond donors (Lipinski definition) is 1. The van der Waals surface area contributed by atoms with E-state index in [4.69, 9.17) is 4.74 Å². The van der Waals surface area contributed by atoms with Crippen molar-refractivity contribution in [3.05, 3.63) is 29.3 Å². The van der Waals surface area contributed by atoms with Crippen LogP contribution in [-0.4, -0.2) is 12.6 Å². The van der Waals surface area contributed by atoms with Crippen LogP contribution in [0.15, 0.2) is 18.2 Å². The highest BCUT2D eigenvalue weighted by atomic mass is 16.5. The highest BCUT2D eigenvalue weighted by molar-refractivity contribution is 5.37. The van der Waals surface area contributed by atoms with Gasteiger partial charge in [-0.3, -0.25) is 0 Å². The molecule has 19 heavy (non-hydrogen) atoms. The van der Waals surface area contributed by atoms with Crippen LogP contribution in [0, 0.1) is 12.8 Å². The molecule has 0 aromatic heterocycles. The molecule has 0 saturated heterocycles. The molecule has 1 fully saturated rings. The second kappa shape index (κ2) is 6.95. The van der Waals surface area contributed by atoms with E-state index >= 15 is 0 Å². The maximum atomic E-state index is 6.02. The minimum atomic E-state index is 0.635. The molecule has 1 aliphatic carbocycles. The molecule has 1 aliphatic rings. The SMILES string of the molecule is CCCC(C)COc1ccc(C)cc1CNC1CC1. The molecular formula is C17H27NO. The lowest BCUT2D eigenvalue weighted by Gasteiger charge is -2.16. The van der Waals surface area contributed by atoms with Crippen molar-refractivity contribution in [2.75, 3.05) is 6.61 Å². The Morgan fingerprint density at radius 1 is 1.37 bits per heavy atom. The third-order valence-electron chi connectivity index (χ3n) is 3.68. The van der Waals surface area contributed by atoms with Crippen molar-refractivity contribution in [1.29, 1.82) is 0 Å². The Morgan fingerprint density at radius 2 is 2.16 bits per heavy atom. The van der Waals surface area contributed by atoms with Gasteiger partial charge in [0.25, 0.3) is 0 Å². The highest BCUT2D eigenvalue weighted by Gasteiger charge is 2.20. The zero-order valence-corrected chi connectivity index (χ0v) is 12.5. The van der Waals surface area contributed by atoms with Gasteiger partial charge >= 0.3 is 0 Å². The highest BCUT2D eigenvalue weighted by Crippen LogP contribution is 2.24. The average molecular weight is 261 g/mol. The molecule has 1 unspecified atom stereocenters. The van der Waals surface area contributed by atoms with Crippen molar-refractivity contribution in [3.63, 3.8) is 0 Å². The standard InChI is InChI=1S/C17H27NO/c1-4-5-14(3)12-19-17-9-6-13(2)10-15(17)11-18-16-7-8-16/h6,9-10,14,16,18H,4-5,7-8,11-12H2,1-3H3. The van der Waals surface area contributed by atoms with Crippen molar-refractivity contribution in [1.82, 2.24) is 5.32 Å². The van der Waals surface area contributed by atoms with Crippen LogP contribution in [0.5, 0.6) is 5.75 Å². The maximum Gasteiger partial charge on any atom is 0.123 e. The first-order valence-electron chi connectivity index (χ1n) is 7.64. The average Bonchev–Trinajstić information content (AvgIpc) is 3.19. The minimum Gasteiger partial charge on any atom is -0.493 e. The third-order valence-corrected chi connectivity index (χ3v) is 3.68. The quantitative estimate of drug-likeness (QED) is 0.762. The number of rotatable bonds is 8. The van der Waals surface area contributed by atoms with Crippen LogP contribution < -0.4 is 10.1 Å². The van der Waals surface area contributed by atoms with E-state index in [0.717, 1.165) is 24.9 Å². The summed E-state index contributed by atoms with van der Waals surface area (Å²) in [6, 6.07) is 7.25. The van der Waals surface area contributed by atoms with Crippen LogP contribution in [0.1, 0.15) is 50.7 Å². The van der Waals surface area contributed by atoms with Crippen molar-refractivity contribution < 1.29 is 4.74 Å². The Labute approximate surface area is 117 Å². The lowest BCUT2D eigenvalue weighted by molar-refractivity contribution is 0.249. The Kier molecular flexibility index (Phi) is 5.26. The van der Waals surface area contributed by atoms with Crippen LogP contribution in [0.4, 0.5) is 0 Å². The molecule has 2 rings (SSSR count). The smallest absolute Gasteiger partial charge is 0.123 e. The third kappa shape index (κ3) is 4.87. The first-order valence-corrected chi connectivity index (χ1v) is 7.64. The van der Waals surface area contributed by atoms with Crippen molar-refractivity contribution in [3.8, 4) is 5.75 Å². The topological polar surface area (TPSA) is 21.3 Å². The second-order valence-corrected chi connectivity index (χ2v) is 5.97. The lowest BCUT2D eigenvalue weighted by atomic mass is 10.1. The number of hydrogen-bond acceptors (Lipinski definition) is 2. The first kappa shape index (κ1) is 14.4. The van der Waals surface area contributed by atoms with E-state index in [1.165, 1.54) is 36.8 Å². The number of ether oxygens (including phenoxy) is 1. The van der Waals surface area contributed by atoms with E-state index in [1.807, 2.05) is 0 Å². The Hall–Kier alpha value is -1.02. The molecule has 0 bridgehead atoms. The summed E-state index contributed by atoms with van der Waals surface area (Å²) >= 11 is 0. The predicted molar refractivity (Wildman–Crippen MR) is 80.6 cm³/mol. The molecule has 1 aromatic rings. The Balaban J connectivity index is 1.92. The Bertz CT molecular complexity index is 398. The van der Waals surface area contributed by atoms with Gasteiger partial charge in [0, 0.05) is 18.2 Å². The second-order valence-electron chi connectivity index (χ2n) is 5.97. The molecule has 106 valence electrons. The fraction of sp³-hybridized carbons (Fsp3) is 0.647. The maximum absolute atomic E-state index is 6.02. The first-order chi connectivity index (χ1) is 9.19. The predicted octanol–water partition coefficient (Wildman–Crippen LogP) is 4.06. The van der Waals surface area contributed by atoms with Gasteiger partial charge in [-0.2, -0.15) is 0 Å². The van der Waals surface area contributed by atoms with Gasteiger partial charge in [0.1, 0.15) is 5.75 Å². The zero-order valence-electron chi connectivity index (χ0n) is 12.5. The zero-order chi connectivity index (χ0) is 13.7. The summed E-state index contributed by atoms with van der Waals surface area (Å²) in [5.41, 5.74) is 2.61. The van der Waals surface area contributed by atoms with E-state index in [2.05, 4.69) is 44.3 Å². The van der Waals surface area contributed by atoms with Crippen LogP contribution in [0.25, 0.3) is 0 Å². The molecule has 0 heterocycles. The van der Waals surface area contributed by atoms with E-state index in [0.29, 0.717) is 5.92 Å². The van der Waals surface area contributed by atoms with E-state index < -0.39 is 0 Å². The number of nitrogens with one attached hydrogen (secondary N) is 1. The monoisotopic (exact) mass is 261 g/mol. The van der Waals surface area contributed by atoms with Gasteiger partial charge in [0.05, 0.1) is 6.61 Å². The molecular weight excluding hydrogens is 234 g/mol. The van der Waals surface area contributed by atoms with Gasteiger partial charge in [-0.15, -0.1) is 0 Å². The summed E-state index contributed by atoms with van der Waals surface area (Å²) in [5, 5.41) is 3.57. The van der Waals surface area contributed by atoms with Gasteiger partial charge in [0.2, 0.25) is 0 Å². The molecule has 0 amide bonds. The van der Waals surface area contributed by atoms with Gasteiger partial charge in [-0.1, -0.05) is 38.0 Å². The normalized spacial score (nSPS) is 16.4. The summed E-state index contributed by atoms with van der Waals surface area (Å²) in [6.45, 7) is 8.40. The van der Waals surface area contributed by atoms with Gasteiger partial charge in [-0.05, 0) is 38.2 Å². The molecule has 0 spiro atoms. The Morgan fingerprint density at radius 3 is 2.84 bits per heavy atom. The number of aryl methyl sites for hydroxylation is 1. The molecule has 0 radical (unpaired) electrons. The molecule has 2 nitrogen and oxygen atoms in total. The van der Waals surface area contributed by atoms with E-state index in [9.17, 15) is 0 Å². The fourth-order valence-corrected chi connectivity index (χ4v) is 2.34. The van der Waals surface area contributed by atoms with Gasteiger partial charge in [0.15, 0.2) is 0 Å². The van der Waals surface area contributed by atoms with E-state index in [1.54, 1.807) is 0 Å². The van der Waals surface area contributed by atoms with Crippen molar-refractivity contribution in [2.24, 2.45) is 5.92 Å². The summed E-state index contributed by atoms with van der Waals surface area (Å²) in [5.74, 6) is 1.69. The van der Waals surface area contributed by atoms with Crippen molar-refractivity contribution >= 4 is 0 Å². The van der Waals surface area contributed by atoms with Crippen LogP contribution in [-0.2, 0) is 6.54 Å². The van der Waals surface area contributed by atoms with Gasteiger partial charge < -0.3 is 10.1 Å². The fourth-order valence-electron chi connectivity index (χ4n) is 2.34.